The maximum Gasteiger partial charge on any atom is 0.251 e. The van der Waals surface area contributed by atoms with Crippen LogP contribution < -0.4 is 25.4 Å². The minimum Gasteiger partial charge on any atom is -0.493 e. The first-order valence-corrected chi connectivity index (χ1v) is 8.10. The van der Waals surface area contributed by atoms with Gasteiger partial charge < -0.3 is 25.4 Å². The molecule has 0 radical (unpaired) electrons. The second-order valence-corrected chi connectivity index (χ2v) is 5.56. The van der Waals surface area contributed by atoms with Crippen LogP contribution in [0.15, 0.2) is 42.5 Å². The van der Waals surface area contributed by atoms with E-state index >= 15 is 0 Å². The first-order chi connectivity index (χ1) is 12.9. The van der Waals surface area contributed by atoms with Crippen LogP contribution in [-0.4, -0.2) is 38.5 Å². The van der Waals surface area contributed by atoms with Crippen molar-refractivity contribution in [2.24, 2.45) is 0 Å². The van der Waals surface area contributed by atoms with Gasteiger partial charge >= 0.3 is 0 Å². The number of ether oxygens (including phenoxy) is 2. The molecular weight excluding hydrogens is 350 g/mol. The van der Waals surface area contributed by atoms with Crippen molar-refractivity contribution in [3.8, 4) is 11.5 Å². The third kappa shape index (κ3) is 5.74. The van der Waals surface area contributed by atoms with Crippen molar-refractivity contribution in [3.63, 3.8) is 0 Å². The summed E-state index contributed by atoms with van der Waals surface area (Å²) in [6, 6.07) is 11.4. The molecule has 0 unspecified atom stereocenters. The molecule has 142 valence electrons. The first-order valence-electron chi connectivity index (χ1n) is 8.10. The lowest BCUT2D eigenvalue weighted by Gasteiger charge is -2.11. The SMILES string of the molecule is COc1ccc(C(=O)NCC(=O)Nc2cccc(NC(C)=O)c2)cc1OC. The average molecular weight is 371 g/mol. The fourth-order valence-electron chi connectivity index (χ4n) is 2.32. The maximum absolute atomic E-state index is 12.2. The van der Waals surface area contributed by atoms with Crippen LogP contribution in [0.25, 0.3) is 0 Å². The minimum absolute atomic E-state index is 0.208. The van der Waals surface area contributed by atoms with Gasteiger partial charge in [0.1, 0.15) is 0 Å². The van der Waals surface area contributed by atoms with Gasteiger partial charge in [-0.2, -0.15) is 0 Å². The molecule has 0 aliphatic rings. The molecule has 2 rings (SSSR count). The van der Waals surface area contributed by atoms with Gasteiger partial charge in [-0.1, -0.05) is 6.07 Å². The van der Waals surface area contributed by atoms with Crippen LogP contribution in [0.1, 0.15) is 17.3 Å². The molecule has 0 aliphatic heterocycles. The van der Waals surface area contributed by atoms with Crippen molar-refractivity contribution in [2.45, 2.75) is 6.92 Å². The second kappa shape index (κ2) is 9.23. The number of hydrogen-bond donors (Lipinski definition) is 3. The number of hydrogen-bond acceptors (Lipinski definition) is 5. The van der Waals surface area contributed by atoms with E-state index in [1.165, 1.54) is 27.2 Å². The molecule has 2 aromatic carbocycles. The van der Waals surface area contributed by atoms with E-state index in [0.717, 1.165) is 0 Å². The summed E-state index contributed by atoms with van der Waals surface area (Å²) < 4.78 is 10.3. The van der Waals surface area contributed by atoms with Crippen LogP contribution in [0.3, 0.4) is 0 Å². The molecule has 0 atom stereocenters. The average Bonchev–Trinajstić information content (AvgIpc) is 2.65. The Bertz CT molecular complexity index is 851. The van der Waals surface area contributed by atoms with Gasteiger partial charge in [-0.05, 0) is 36.4 Å². The molecule has 27 heavy (non-hydrogen) atoms. The smallest absolute Gasteiger partial charge is 0.251 e. The van der Waals surface area contributed by atoms with Crippen LogP contribution in [0.2, 0.25) is 0 Å². The summed E-state index contributed by atoms with van der Waals surface area (Å²) in [6.07, 6.45) is 0. The predicted octanol–water partition coefficient (Wildman–Crippen LogP) is 2.03. The van der Waals surface area contributed by atoms with Gasteiger partial charge in [0.05, 0.1) is 20.8 Å². The van der Waals surface area contributed by atoms with Crippen molar-refractivity contribution in [2.75, 3.05) is 31.4 Å². The highest BCUT2D eigenvalue weighted by Crippen LogP contribution is 2.27. The lowest BCUT2D eigenvalue weighted by atomic mass is 10.2. The molecule has 0 saturated carbocycles. The number of methoxy groups -OCH3 is 2. The van der Waals surface area contributed by atoms with Gasteiger partial charge in [-0.3, -0.25) is 14.4 Å². The molecule has 0 aromatic heterocycles. The van der Waals surface area contributed by atoms with E-state index in [9.17, 15) is 14.4 Å². The molecule has 0 spiro atoms. The zero-order valence-electron chi connectivity index (χ0n) is 15.3. The molecular formula is C19H21N3O5. The third-order valence-corrected chi connectivity index (χ3v) is 3.52. The minimum atomic E-state index is -0.418. The number of rotatable bonds is 7. The molecule has 0 fully saturated rings. The molecule has 0 aliphatic carbocycles. The molecule has 2 aromatic rings. The molecule has 8 heteroatoms. The summed E-state index contributed by atoms with van der Waals surface area (Å²) in [4.78, 5) is 35.3. The Labute approximate surface area is 156 Å². The van der Waals surface area contributed by atoms with Gasteiger partial charge in [0.15, 0.2) is 11.5 Å². The van der Waals surface area contributed by atoms with Gasteiger partial charge in [-0.25, -0.2) is 0 Å². The number of benzene rings is 2. The number of carbonyl (C=O) groups excluding carboxylic acids is 3. The lowest BCUT2D eigenvalue weighted by molar-refractivity contribution is -0.115. The van der Waals surface area contributed by atoms with Gasteiger partial charge in [0.25, 0.3) is 5.91 Å². The highest BCUT2D eigenvalue weighted by molar-refractivity contribution is 6.00. The number of carbonyl (C=O) groups is 3. The third-order valence-electron chi connectivity index (χ3n) is 3.52. The van der Waals surface area contributed by atoms with Gasteiger partial charge in [0, 0.05) is 23.9 Å². The Morgan fingerprint density at radius 3 is 2.19 bits per heavy atom. The maximum atomic E-state index is 12.2. The number of anilines is 2. The van der Waals surface area contributed by atoms with Crippen LogP contribution in [0.4, 0.5) is 11.4 Å². The van der Waals surface area contributed by atoms with Crippen LogP contribution in [0.5, 0.6) is 11.5 Å². The standard InChI is InChI=1S/C19H21N3O5/c1-12(23)21-14-5-4-6-15(10-14)22-18(24)11-20-19(25)13-7-8-16(26-2)17(9-13)27-3/h4-10H,11H2,1-3H3,(H,20,25)(H,21,23)(H,22,24). The molecule has 8 nitrogen and oxygen atoms in total. The van der Waals surface area contributed by atoms with Crippen LogP contribution in [-0.2, 0) is 9.59 Å². The Balaban J connectivity index is 1.93. The molecule has 3 N–H and O–H groups in total. The predicted molar refractivity (Wildman–Crippen MR) is 101 cm³/mol. The summed E-state index contributed by atoms with van der Waals surface area (Å²) >= 11 is 0. The normalized spacial score (nSPS) is 9.89. The Kier molecular flexibility index (Phi) is 6.76. The van der Waals surface area contributed by atoms with Crippen LogP contribution in [0, 0.1) is 0 Å². The largest absolute Gasteiger partial charge is 0.493 e. The molecule has 0 bridgehead atoms. The zero-order valence-corrected chi connectivity index (χ0v) is 15.3. The van der Waals surface area contributed by atoms with Gasteiger partial charge in [-0.15, -0.1) is 0 Å². The topological polar surface area (TPSA) is 106 Å². The monoisotopic (exact) mass is 371 g/mol. The van der Waals surface area contributed by atoms with E-state index in [1.54, 1.807) is 36.4 Å². The van der Waals surface area contributed by atoms with E-state index in [0.29, 0.717) is 28.4 Å². The Morgan fingerprint density at radius 2 is 1.56 bits per heavy atom. The zero-order chi connectivity index (χ0) is 19.8. The van der Waals surface area contributed by atoms with E-state index < -0.39 is 11.8 Å². The van der Waals surface area contributed by atoms with E-state index in [2.05, 4.69) is 16.0 Å². The summed E-state index contributed by atoms with van der Waals surface area (Å²) in [7, 11) is 2.98. The number of nitrogens with one attached hydrogen (secondary N) is 3. The fraction of sp³-hybridized carbons (Fsp3) is 0.211. The summed E-state index contributed by atoms with van der Waals surface area (Å²) in [5.74, 6) is -0.0993. The fourth-order valence-corrected chi connectivity index (χ4v) is 2.32. The lowest BCUT2D eigenvalue weighted by Crippen LogP contribution is -2.32. The van der Waals surface area contributed by atoms with E-state index in [1.807, 2.05) is 0 Å². The van der Waals surface area contributed by atoms with E-state index in [4.69, 9.17) is 9.47 Å². The highest BCUT2D eigenvalue weighted by atomic mass is 16.5. The van der Waals surface area contributed by atoms with Crippen molar-refractivity contribution in [1.82, 2.24) is 5.32 Å². The molecule has 0 heterocycles. The summed E-state index contributed by atoms with van der Waals surface area (Å²) in [6.45, 7) is 1.19. The Hall–Kier alpha value is -3.55. The quantitative estimate of drug-likeness (QED) is 0.691. The van der Waals surface area contributed by atoms with Crippen molar-refractivity contribution >= 4 is 29.1 Å². The van der Waals surface area contributed by atoms with Crippen LogP contribution >= 0.6 is 0 Å². The molecule has 3 amide bonds. The van der Waals surface area contributed by atoms with Crippen molar-refractivity contribution < 1.29 is 23.9 Å². The Morgan fingerprint density at radius 1 is 0.889 bits per heavy atom. The number of amides is 3. The highest BCUT2D eigenvalue weighted by Gasteiger charge is 2.12. The summed E-state index contributed by atoms with van der Waals surface area (Å²) in [5, 5.41) is 7.82. The molecule has 0 saturated heterocycles. The second-order valence-electron chi connectivity index (χ2n) is 5.56. The first kappa shape index (κ1) is 19.8. The van der Waals surface area contributed by atoms with E-state index in [-0.39, 0.29) is 12.5 Å². The summed E-state index contributed by atoms with van der Waals surface area (Å²) in [5.41, 5.74) is 1.41. The van der Waals surface area contributed by atoms with Crippen molar-refractivity contribution in [3.05, 3.63) is 48.0 Å². The van der Waals surface area contributed by atoms with Gasteiger partial charge in [0.2, 0.25) is 11.8 Å². The van der Waals surface area contributed by atoms with Crippen molar-refractivity contribution in [1.29, 1.82) is 0 Å².